The number of hydrogen-bond donors (Lipinski definition) is 3. The Balaban J connectivity index is 1.92. The zero-order chi connectivity index (χ0) is 22.6. The van der Waals surface area contributed by atoms with Crippen LogP contribution in [0.3, 0.4) is 0 Å². The van der Waals surface area contributed by atoms with E-state index in [1.54, 1.807) is 18.2 Å². The summed E-state index contributed by atoms with van der Waals surface area (Å²) >= 11 is 0. The number of para-hydroxylation sites is 3. The summed E-state index contributed by atoms with van der Waals surface area (Å²) in [6, 6.07) is 14.9. The topological polar surface area (TPSA) is 148 Å². The SMILES string of the molecule is COc1ccccc1NS(=O)(=O)c1ccc(O)c(NC(=O)c2ccccc2[N+](=O)[O-])c1. The summed E-state index contributed by atoms with van der Waals surface area (Å²) in [4.78, 5) is 22.7. The number of sulfonamides is 1. The maximum Gasteiger partial charge on any atom is 0.282 e. The van der Waals surface area contributed by atoms with Crippen LogP contribution in [0.5, 0.6) is 11.5 Å². The number of carbonyl (C=O) groups excluding carboxylic acids is 1. The van der Waals surface area contributed by atoms with Crippen molar-refractivity contribution in [3.63, 3.8) is 0 Å². The molecule has 0 fully saturated rings. The summed E-state index contributed by atoms with van der Waals surface area (Å²) in [5, 5.41) is 23.5. The third-order valence-electron chi connectivity index (χ3n) is 4.22. The lowest BCUT2D eigenvalue weighted by Gasteiger charge is -2.13. The quantitative estimate of drug-likeness (QED) is 0.288. The Morgan fingerprint density at radius 3 is 2.42 bits per heavy atom. The Bertz CT molecular complexity index is 1260. The summed E-state index contributed by atoms with van der Waals surface area (Å²) in [5.74, 6) is -0.993. The minimum Gasteiger partial charge on any atom is -0.506 e. The number of benzene rings is 3. The van der Waals surface area contributed by atoms with Crippen molar-refractivity contribution in [2.75, 3.05) is 17.1 Å². The number of methoxy groups -OCH3 is 1. The van der Waals surface area contributed by atoms with Gasteiger partial charge in [-0.3, -0.25) is 19.6 Å². The van der Waals surface area contributed by atoms with Crippen LogP contribution in [0, 0.1) is 10.1 Å². The van der Waals surface area contributed by atoms with Crippen molar-refractivity contribution < 1.29 is 28.0 Å². The van der Waals surface area contributed by atoms with E-state index in [9.17, 15) is 28.4 Å². The molecule has 3 N–H and O–H groups in total. The van der Waals surface area contributed by atoms with Gasteiger partial charge in [0.15, 0.2) is 0 Å². The molecular weight excluding hydrogens is 426 g/mol. The second kappa shape index (κ2) is 8.71. The highest BCUT2D eigenvalue weighted by Gasteiger charge is 2.22. The molecule has 0 aliphatic heterocycles. The molecule has 3 aromatic carbocycles. The molecule has 0 aromatic heterocycles. The van der Waals surface area contributed by atoms with E-state index in [1.165, 1.54) is 31.4 Å². The van der Waals surface area contributed by atoms with E-state index in [2.05, 4.69) is 10.0 Å². The van der Waals surface area contributed by atoms with Crippen molar-refractivity contribution in [3.8, 4) is 11.5 Å². The fourth-order valence-electron chi connectivity index (χ4n) is 2.73. The number of nitrogens with zero attached hydrogens (tertiary/aromatic N) is 1. The minimum absolute atomic E-state index is 0.198. The Morgan fingerprint density at radius 2 is 1.71 bits per heavy atom. The normalized spacial score (nSPS) is 10.9. The Kier molecular flexibility index (Phi) is 6.07. The van der Waals surface area contributed by atoms with Crippen LogP contribution < -0.4 is 14.8 Å². The van der Waals surface area contributed by atoms with Crippen LogP contribution in [0.15, 0.2) is 71.6 Å². The molecule has 1 amide bonds. The van der Waals surface area contributed by atoms with Crippen molar-refractivity contribution in [2.45, 2.75) is 4.90 Å². The number of phenolic OH excluding ortho intramolecular Hbond substituents is 1. The average molecular weight is 443 g/mol. The largest absolute Gasteiger partial charge is 0.506 e. The van der Waals surface area contributed by atoms with Gasteiger partial charge in [0.1, 0.15) is 17.1 Å². The van der Waals surface area contributed by atoms with E-state index < -0.39 is 32.3 Å². The highest BCUT2D eigenvalue weighted by molar-refractivity contribution is 7.92. The molecule has 0 spiro atoms. The zero-order valence-electron chi connectivity index (χ0n) is 16.1. The number of nitro benzene ring substituents is 1. The van der Waals surface area contributed by atoms with Gasteiger partial charge in [-0.05, 0) is 36.4 Å². The number of ether oxygens (including phenoxy) is 1. The second-order valence-corrected chi connectivity index (χ2v) is 7.90. The van der Waals surface area contributed by atoms with Crippen LogP contribution in [0.2, 0.25) is 0 Å². The highest BCUT2D eigenvalue weighted by atomic mass is 32.2. The molecule has 0 atom stereocenters. The first-order chi connectivity index (χ1) is 14.7. The maximum atomic E-state index is 12.8. The predicted molar refractivity (Wildman–Crippen MR) is 113 cm³/mol. The van der Waals surface area contributed by atoms with E-state index >= 15 is 0 Å². The van der Waals surface area contributed by atoms with Gasteiger partial charge >= 0.3 is 0 Å². The molecule has 31 heavy (non-hydrogen) atoms. The second-order valence-electron chi connectivity index (χ2n) is 6.21. The lowest BCUT2D eigenvalue weighted by molar-refractivity contribution is -0.385. The van der Waals surface area contributed by atoms with Crippen LogP contribution in [0.1, 0.15) is 10.4 Å². The van der Waals surface area contributed by atoms with Gasteiger partial charge in [0.05, 0.1) is 28.3 Å². The third-order valence-corrected chi connectivity index (χ3v) is 5.59. The number of nitro groups is 1. The summed E-state index contributed by atoms with van der Waals surface area (Å²) in [7, 11) is -2.71. The summed E-state index contributed by atoms with van der Waals surface area (Å²) in [6.45, 7) is 0. The number of phenols is 1. The van der Waals surface area contributed by atoms with Gasteiger partial charge in [0.2, 0.25) is 0 Å². The van der Waals surface area contributed by atoms with Crippen molar-refractivity contribution >= 4 is 33.0 Å². The lowest BCUT2D eigenvalue weighted by Crippen LogP contribution is -2.16. The molecule has 0 aliphatic carbocycles. The van der Waals surface area contributed by atoms with Crippen molar-refractivity contribution in [2.24, 2.45) is 0 Å². The van der Waals surface area contributed by atoms with Gasteiger partial charge < -0.3 is 15.2 Å². The number of nitrogens with one attached hydrogen (secondary N) is 2. The van der Waals surface area contributed by atoms with Gasteiger partial charge in [-0.25, -0.2) is 8.42 Å². The Labute approximate surface area is 177 Å². The number of amides is 1. The molecular formula is C20H17N3O7S. The number of aromatic hydroxyl groups is 1. The van der Waals surface area contributed by atoms with Gasteiger partial charge in [0, 0.05) is 6.07 Å². The van der Waals surface area contributed by atoms with Crippen molar-refractivity contribution in [3.05, 3.63) is 82.4 Å². The van der Waals surface area contributed by atoms with E-state index in [-0.39, 0.29) is 21.8 Å². The average Bonchev–Trinajstić information content (AvgIpc) is 2.75. The molecule has 0 saturated carbocycles. The lowest BCUT2D eigenvalue weighted by atomic mass is 10.1. The summed E-state index contributed by atoms with van der Waals surface area (Å²) in [5.41, 5.74) is -0.706. The van der Waals surface area contributed by atoms with Crippen LogP contribution in [-0.4, -0.2) is 31.5 Å². The number of hydrogen-bond acceptors (Lipinski definition) is 7. The first-order valence-corrected chi connectivity index (χ1v) is 10.2. The molecule has 0 bridgehead atoms. The molecule has 0 radical (unpaired) electrons. The monoisotopic (exact) mass is 443 g/mol. The predicted octanol–water partition coefficient (Wildman–Crippen LogP) is 3.36. The molecule has 0 heterocycles. The van der Waals surface area contributed by atoms with Crippen molar-refractivity contribution in [1.82, 2.24) is 0 Å². The van der Waals surface area contributed by atoms with Gasteiger partial charge in [-0.1, -0.05) is 24.3 Å². The minimum atomic E-state index is -4.11. The van der Waals surface area contributed by atoms with Crippen LogP contribution in [0.4, 0.5) is 17.1 Å². The first kappa shape index (κ1) is 21.6. The first-order valence-electron chi connectivity index (χ1n) is 8.76. The van der Waals surface area contributed by atoms with Gasteiger partial charge in [-0.15, -0.1) is 0 Å². The fraction of sp³-hybridized carbons (Fsp3) is 0.0500. The highest BCUT2D eigenvalue weighted by Crippen LogP contribution is 2.31. The molecule has 3 rings (SSSR count). The molecule has 3 aromatic rings. The number of anilines is 2. The number of rotatable bonds is 7. The van der Waals surface area contributed by atoms with Crippen LogP contribution in [-0.2, 0) is 10.0 Å². The molecule has 0 saturated heterocycles. The Morgan fingerprint density at radius 1 is 1.03 bits per heavy atom. The van der Waals surface area contributed by atoms with E-state index in [0.717, 1.165) is 24.3 Å². The van der Waals surface area contributed by atoms with E-state index in [4.69, 9.17) is 4.74 Å². The van der Waals surface area contributed by atoms with E-state index in [1.807, 2.05) is 0 Å². The van der Waals surface area contributed by atoms with Gasteiger partial charge in [-0.2, -0.15) is 0 Å². The number of carbonyl (C=O) groups is 1. The molecule has 0 unspecified atom stereocenters. The third kappa shape index (κ3) is 4.73. The standard InChI is InChI=1S/C20H17N3O7S/c1-30-19-9-5-3-7-15(19)22-31(28,29)13-10-11-18(24)16(12-13)21-20(25)14-6-2-4-8-17(14)23(26)27/h2-12,22,24H,1H3,(H,21,25). The molecule has 10 nitrogen and oxygen atoms in total. The molecule has 0 aliphatic rings. The Hall–Kier alpha value is -4.12. The fourth-order valence-corrected chi connectivity index (χ4v) is 3.83. The maximum absolute atomic E-state index is 12.8. The van der Waals surface area contributed by atoms with Crippen molar-refractivity contribution in [1.29, 1.82) is 0 Å². The summed E-state index contributed by atoms with van der Waals surface area (Å²) < 4.78 is 33.1. The smallest absolute Gasteiger partial charge is 0.282 e. The zero-order valence-corrected chi connectivity index (χ0v) is 16.9. The van der Waals surface area contributed by atoms with Gasteiger partial charge in [0.25, 0.3) is 21.6 Å². The molecule has 160 valence electrons. The van der Waals surface area contributed by atoms with Crippen LogP contribution in [0.25, 0.3) is 0 Å². The summed E-state index contributed by atoms with van der Waals surface area (Å²) in [6.07, 6.45) is 0. The molecule has 11 heteroatoms. The van der Waals surface area contributed by atoms with E-state index in [0.29, 0.717) is 5.75 Å². The van der Waals surface area contributed by atoms with Crippen LogP contribution >= 0.6 is 0 Å².